The summed E-state index contributed by atoms with van der Waals surface area (Å²) >= 11 is 0. The average molecular weight is 260 g/mol. The zero-order valence-electron chi connectivity index (χ0n) is 11.9. The predicted molar refractivity (Wildman–Crippen MR) is 75.0 cm³/mol. The number of fused-ring (bicyclic) bond motifs is 1. The summed E-state index contributed by atoms with van der Waals surface area (Å²) < 4.78 is 6.81. The number of imidazole rings is 1. The number of aryl methyl sites for hydroxylation is 1. The van der Waals surface area contributed by atoms with Crippen LogP contribution in [-0.4, -0.2) is 22.6 Å². The lowest BCUT2D eigenvalue weighted by Gasteiger charge is -2.04. The molecule has 0 radical (unpaired) electrons. The van der Waals surface area contributed by atoms with E-state index in [2.05, 4.69) is 28.1 Å². The fraction of sp³-hybridized carbons (Fsp3) is 0.467. The third-order valence-electron chi connectivity index (χ3n) is 3.20. The predicted octanol–water partition coefficient (Wildman–Crippen LogP) is 2.49. The molecule has 0 aliphatic heterocycles. The van der Waals surface area contributed by atoms with E-state index in [0.29, 0.717) is 12.3 Å². The quantitative estimate of drug-likeness (QED) is 0.793. The minimum Gasteiger partial charge on any atom is -0.469 e. The molecule has 4 nitrogen and oxygen atoms in total. The Bertz CT molecular complexity index is 599. The van der Waals surface area contributed by atoms with Gasteiger partial charge in [0.05, 0.1) is 24.6 Å². The maximum Gasteiger partial charge on any atom is 0.309 e. The van der Waals surface area contributed by atoms with E-state index in [1.54, 1.807) is 0 Å². The summed E-state index contributed by atoms with van der Waals surface area (Å²) in [5, 5.41) is 0. The summed E-state index contributed by atoms with van der Waals surface area (Å²) in [4.78, 5) is 15.9. The zero-order valence-corrected chi connectivity index (χ0v) is 11.9. The highest BCUT2D eigenvalue weighted by molar-refractivity contribution is 5.79. The van der Waals surface area contributed by atoms with Crippen LogP contribution in [0.25, 0.3) is 11.0 Å². The molecule has 2 aromatic rings. The fourth-order valence-electron chi connectivity index (χ4n) is 2.19. The number of hydrogen-bond acceptors (Lipinski definition) is 3. The maximum atomic E-state index is 11.3. The van der Waals surface area contributed by atoms with E-state index in [1.807, 2.05) is 25.2 Å². The van der Waals surface area contributed by atoms with Gasteiger partial charge in [-0.1, -0.05) is 19.9 Å². The number of carbonyl (C=O) groups is 1. The van der Waals surface area contributed by atoms with Gasteiger partial charge >= 0.3 is 5.97 Å². The lowest BCUT2D eigenvalue weighted by atomic mass is 10.1. The van der Waals surface area contributed by atoms with Gasteiger partial charge in [-0.2, -0.15) is 0 Å². The van der Waals surface area contributed by atoms with Crippen LogP contribution in [0.3, 0.4) is 0 Å². The van der Waals surface area contributed by atoms with Crippen molar-refractivity contribution in [2.45, 2.75) is 26.7 Å². The Morgan fingerprint density at radius 3 is 2.79 bits per heavy atom. The number of aromatic nitrogens is 2. The molecule has 4 heteroatoms. The fourth-order valence-corrected chi connectivity index (χ4v) is 2.19. The molecule has 0 N–H and O–H groups in total. The van der Waals surface area contributed by atoms with Crippen LogP contribution in [-0.2, 0) is 29.4 Å². The van der Waals surface area contributed by atoms with Crippen LogP contribution < -0.4 is 0 Å². The van der Waals surface area contributed by atoms with Crippen molar-refractivity contribution in [2.24, 2.45) is 13.0 Å². The molecule has 102 valence electrons. The highest BCUT2D eigenvalue weighted by atomic mass is 16.5. The second-order valence-corrected chi connectivity index (χ2v) is 5.26. The largest absolute Gasteiger partial charge is 0.469 e. The summed E-state index contributed by atoms with van der Waals surface area (Å²) in [5.41, 5.74) is 2.98. The number of rotatable bonds is 4. The first-order chi connectivity index (χ1) is 9.01. The molecular weight excluding hydrogens is 240 g/mol. The van der Waals surface area contributed by atoms with Gasteiger partial charge < -0.3 is 9.30 Å². The monoisotopic (exact) mass is 260 g/mol. The van der Waals surface area contributed by atoms with Crippen molar-refractivity contribution < 1.29 is 9.53 Å². The van der Waals surface area contributed by atoms with Crippen LogP contribution in [0.4, 0.5) is 0 Å². The van der Waals surface area contributed by atoms with Gasteiger partial charge in [-0.05, 0) is 23.6 Å². The van der Waals surface area contributed by atoms with E-state index in [9.17, 15) is 4.79 Å². The number of nitrogens with zero attached hydrogens (tertiary/aromatic N) is 2. The summed E-state index contributed by atoms with van der Waals surface area (Å²) in [6.45, 7) is 4.37. The zero-order chi connectivity index (χ0) is 14.0. The maximum absolute atomic E-state index is 11.3. The van der Waals surface area contributed by atoms with E-state index in [-0.39, 0.29) is 5.97 Å². The van der Waals surface area contributed by atoms with Crippen LogP contribution in [0.1, 0.15) is 25.2 Å². The standard InChI is InChI=1S/C15H20N2O2/c1-10(2)7-14-16-12-8-11(9-15(18)19-4)5-6-13(12)17(14)3/h5-6,8,10H,7,9H2,1-4H3. The molecule has 0 aliphatic rings. The van der Waals surface area contributed by atoms with Crippen molar-refractivity contribution in [3.63, 3.8) is 0 Å². The van der Waals surface area contributed by atoms with Gasteiger partial charge in [-0.25, -0.2) is 4.98 Å². The number of esters is 1. The highest BCUT2D eigenvalue weighted by Gasteiger charge is 2.11. The molecule has 2 rings (SSSR count). The second-order valence-electron chi connectivity index (χ2n) is 5.26. The van der Waals surface area contributed by atoms with Crippen molar-refractivity contribution >= 4 is 17.0 Å². The summed E-state index contributed by atoms with van der Waals surface area (Å²) in [5.74, 6) is 1.43. The number of hydrogen-bond donors (Lipinski definition) is 0. The number of carbonyl (C=O) groups excluding carboxylic acids is 1. The first kappa shape index (κ1) is 13.6. The normalized spacial score (nSPS) is 11.2. The van der Waals surface area contributed by atoms with Gasteiger partial charge in [0.25, 0.3) is 0 Å². The van der Waals surface area contributed by atoms with Gasteiger partial charge in [-0.3, -0.25) is 4.79 Å². The van der Waals surface area contributed by atoms with Crippen molar-refractivity contribution in [1.82, 2.24) is 9.55 Å². The Labute approximate surface area is 113 Å². The van der Waals surface area contributed by atoms with Gasteiger partial charge in [-0.15, -0.1) is 0 Å². The van der Waals surface area contributed by atoms with E-state index in [0.717, 1.165) is 28.8 Å². The van der Waals surface area contributed by atoms with Gasteiger partial charge in [0.15, 0.2) is 0 Å². The first-order valence-electron chi connectivity index (χ1n) is 6.52. The van der Waals surface area contributed by atoms with Crippen molar-refractivity contribution in [3.05, 3.63) is 29.6 Å². The Kier molecular flexibility index (Phi) is 3.88. The molecule has 0 bridgehead atoms. The molecule has 0 saturated carbocycles. The molecule has 0 aliphatic carbocycles. The van der Waals surface area contributed by atoms with E-state index < -0.39 is 0 Å². The molecule has 0 atom stereocenters. The molecule has 1 aromatic heterocycles. The topological polar surface area (TPSA) is 44.1 Å². The molecule has 0 amide bonds. The van der Waals surface area contributed by atoms with E-state index in [4.69, 9.17) is 0 Å². The Morgan fingerprint density at radius 1 is 1.42 bits per heavy atom. The molecule has 0 fully saturated rings. The number of ether oxygens (including phenoxy) is 1. The van der Waals surface area contributed by atoms with Crippen molar-refractivity contribution in [1.29, 1.82) is 0 Å². The van der Waals surface area contributed by atoms with Crippen LogP contribution in [0.2, 0.25) is 0 Å². The Hall–Kier alpha value is -1.84. The third-order valence-corrected chi connectivity index (χ3v) is 3.20. The third kappa shape index (κ3) is 2.95. The summed E-state index contributed by atoms with van der Waals surface area (Å²) in [6, 6.07) is 5.95. The van der Waals surface area contributed by atoms with Crippen LogP contribution >= 0.6 is 0 Å². The van der Waals surface area contributed by atoms with Crippen molar-refractivity contribution in [3.8, 4) is 0 Å². The molecule has 0 unspecified atom stereocenters. The van der Waals surface area contributed by atoms with E-state index >= 15 is 0 Å². The summed E-state index contributed by atoms with van der Waals surface area (Å²) in [6.07, 6.45) is 1.25. The van der Waals surface area contributed by atoms with Gasteiger partial charge in [0.1, 0.15) is 5.82 Å². The highest BCUT2D eigenvalue weighted by Crippen LogP contribution is 2.19. The molecule has 19 heavy (non-hydrogen) atoms. The summed E-state index contributed by atoms with van der Waals surface area (Å²) in [7, 11) is 3.44. The average Bonchev–Trinajstić information content (AvgIpc) is 2.65. The van der Waals surface area contributed by atoms with Gasteiger partial charge in [0.2, 0.25) is 0 Å². The molecule has 1 aromatic carbocycles. The second kappa shape index (κ2) is 5.43. The van der Waals surface area contributed by atoms with E-state index in [1.165, 1.54) is 7.11 Å². The lowest BCUT2D eigenvalue weighted by Crippen LogP contribution is -2.04. The molecule has 1 heterocycles. The van der Waals surface area contributed by atoms with Crippen LogP contribution in [0.15, 0.2) is 18.2 Å². The lowest BCUT2D eigenvalue weighted by molar-refractivity contribution is -0.139. The van der Waals surface area contributed by atoms with Gasteiger partial charge in [0, 0.05) is 13.5 Å². The van der Waals surface area contributed by atoms with Crippen LogP contribution in [0, 0.1) is 5.92 Å². The van der Waals surface area contributed by atoms with Crippen LogP contribution in [0.5, 0.6) is 0 Å². The Balaban J connectivity index is 2.35. The minimum absolute atomic E-state index is 0.224. The molecule has 0 spiro atoms. The van der Waals surface area contributed by atoms with Crippen molar-refractivity contribution in [2.75, 3.05) is 7.11 Å². The smallest absolute Gasteiger partial charge is 0.309 e. The molecular formula is C15H20N2O2. The number of methoxy groups -OCH3 is 1. The molecule has 0 saturated heterocycles. The SMILES string of the molecule is COC(=O)Cc1ccc2c(c1)nc(CC(C)C)n2C. The number of benzene rings is 1. The minimum atomic E-state index is -0.224. The Morgan fingerprint density at radius 2 is 2.16 bits per heavy atom. The first-order valence-corrected chi connectivity index (χ1v) is 6.52.